The smallest absolute Gasteiger partial charge is 0.260 e. The van der Waals surface area contributed by atoms with E-state index in [1.54, 1.807) is 6.92 Å². The number of amides is 1. The minimum Gasteiger partial charge on any atom is -0.481 e. The van der Waals surface area contributed by atoms with Gasteiger partial charge < -0.3 is 15.4 Å². The number of nitrogens with one attached hydrogen (secondary N) is 2. The van der Waals surface area contributed by atoms with E-state index in [0.717, 1.165) is 18.6 Å². The summed E-state index contributed by atoms with van der Waals surface area (Å²) in [6.07, 6.45) is 3.93. The van der Waals surface area contributed by atoms with Crippen LogP contribution in [0.15, 0.2) is 18.2 Å². The number of carbonyl (C=O) groups excluding carboxylic acids is 1. The molecule has 0 aromatic heterocycles. The molecule has 0 radical (unpaired) electrons. The van der Waals surface area contributed by atoms with E-state index in [9.17, 15) is 4.79 Å². The number of carbonyl (C=O) groups is 1. The van der Waals surface area contributed by atoms with Gasteiger partial charge in [0.15, 0.2) is 6.10 Å². The van der Waals surface area contributed by atoms with Crippen molar-refractivity contribution < 1.29 is 9.53 Å². The summed E-state index contributed by atoms with van der Waals surface area (Å²) in [5, 5.41) is 6.21. The lowest BCUT2D eigenvalue weighted by Crippen LogP contribution is -2.36. The Morgan fingerprint density at radius 2 is 2.29 bits per heavy atom. The molecular weight excluding hydrogens is 264 g/mol. The average molecular weight is 290 g/mol. The first kappa shape index (κ1) is 15.8. The van der Waals surface area contributed by atoms with E-state index in [4.69, 9.17) is 4.74 Å². The largest absolute Gasteiger partial charge is 0.481 e. The van der Waals surface area contributed by atoms with Crippen molar-refractivity contribution in [1.82, 2.24) is 10.6 Å². The van der Waals surface area contributed by atoms with E-state index < -0.39 is 6.10 Å². The second kappa shape index (κ2) is 7.46. The zero-order valence-electron chi connectivity index (χ0n) is 13.2. The Morgan fingerprint density at radius 3 is 3.00 bits per heavy atom. The van der Waals surface area contributed by atoms with Crippen LogP contribution < -0.4 is 15.4 Å². The summed E-state index contributed by atoms with van der Waals surface area (Å²) in [5.74, 6) is 0.729. The predicted molar refractivity (Wildman–Crippen MR) is 84.6 cm³/mol. The van der Waals surface area contributed by atoms with Gasteiger partial charge in [-0.15, -0.1) is 0 Å². The van der Waals surface area contributed by atoms with Crippen LogP contribution in [-0.2, 0) is 11.2 Å². The standard InChI is InChI=1S/C17H26N2O2/c1-4-10-19-17(20)12(2)21-14-8-9-15-13(11-14)6-5-7-16(15)18-3/h8-9,11-12,16,18H,4-7,10H2,1-3H3,(H,19,20). The minimum atomic E-state index is -0.460. The summed E-state index contributed by atoms with van der Waals surface area (Å²) in [4.78, 5) is 11.8. The average Bonchev–Trinajstić information content (AvgIpc) is 2.51. The first-order valence-corrected chi connectivity index (χ1v) is 7.90. The Labute approximate surface area is 127 Å². The maximum Gasteiger partial charge on any atom is 0.260 e. The van der Waals surface area contributed by atoms with E-state index in [2.05, 4.69) is 22.8 Å². The van der Waals surface area contributed by atoms with E-state index >= 15 is 0 Å². The van der Waals surface area contributed by atoms with Crippen LogP contribution in [0, 0.1) is 0 Å². The molecule has 4 nitrogen and oxygen atoms in total. The van der Waals surface area contributed by atoms with Crippen molar-refractivity contribution in [3.8, 4) is 5.75 Å². The highest BCUT2D eigenvalue weighted by atomic mass is 16.5. The molecule has 2 atom stereocenters. The lowest BCUT2D eigenvalue weighted by Gasteiger charge is -2.26. The number of fused-ring (bicyclic) bond motifs is 1. The first-order chi connectivity index (χ1) is 10.2. The van der Waals surface area contributed by atoms with Gasteiger partial charge in [-0.25, -0.2) is 0 Å². The Balaban J connectivity index is 2.03. The van der Waals surface area contributed by atoms with Crippen molar-refractivity contribution in [1.29, 1.82) is 0 Å². The number of rotatable bonds is 6. The monoisotopic (exact) mass is 290 g/mol. The van der Waals surface area contributed by atoms with Gasteiger partial charge in [0.2, 0.25) is 0 Å². The maximum absolute atomic E-state index is 11.8. The normalized spacial score (nSPS) is 18.7. The minimum absolute atomic E-state index is 0.0531. The van der Waals surface area contributed by atoms with E-state index in [1.807, 2.05) is 20.0 Å². The van der Waals surface area contributed by atoms with Gasteiger partial charge in [0.25, 0.3) is 5.91 Å². The number of benzene rings is 1. The van der Waals surface area contributed by atoms with E-state index in [0.29, 0.717) is 12.6 Å². The molecule has 4 heteroatoms. The Morgan fingerprint density at radius 1 is 1.48 bits per heavy atom. The third kappa shape index (κ3) is 3.97. The lowest BCUT2D eigenvalue weighted by atomic mass is 9.87. The summed E-state index contributed by atoms with van der Waals surface area (Å²) >= 11 is 0. The van der Waals surface area contributed by atoms with Gasteiger partial charge in [0.1, 0.15) is 5.75 Å². The summed E-state index contributed by atoms with van der Waals surface area (Å²) in [7, 11) is 2.00. The molecular formula is C17H26N2O2. The molecule has 0 aliphatic heterocycles. The summed E-state index contributed by atoms with van der Waals surface area (Å²) in [6.45, 7) is 4.52. The van der Waals surface area contributed by atoms with Gasteiger partial charge in [0, 0.05) is 12.6 Å². The lowest BCUT2D eigenvalue weighted by molar-refractivity contribution is -0.127. The van der Waals surface area contributed by atoms with Gasteiger partial charge in [-0.1, -0.05) is 13.0 Å². The summed E-state index contributed by atoms with van der Waals surface area (Å²) < 4.78 is 5.78. The second-order valence-electron chi connectivity index (χ2n) is 5.65. The van der Waals surface area contributed by atoms with Gasteiger partial charge in [-0.05, 0) is 62.9 Å². The molecule has 0 heterocycles. The molecule has 116 valence electrons. The highest BCUT2D eigenvalue weighted by molar-refractivity contribution is 5.80. The number of aryl methyl sites for hydroxylation is 1. The zero-order chi connectivity index (χ0) is 15.2. The molecule has 0 saturated heterocycles. The van der Waals surface area contributed by atoms with Crippen LogP contribution in [0.25, 0.3) is 0 Å². The van der Waals surface area contributed by atoms with Crippen molar-refractivity contribution in [2.24, 2.45) is 0 Å². The fourth-order valence-corrected chi connectivity index (χ4v) is 2.81. The van der Waals surface area contributed by atoms with Gasteiger partial charge in [-0.3, -0.25) is 4.79 Å². The fraction of sp³-hybridized carbons (Fsp3) is 0.588. The molecule has 0 fully saturated rings. The van der Waals surface area contributed by atoms with Crippen LogP contribution in [0.2, 0.25) is 0 Å². The van der Waals surface area contributed by atoms with Crippen LogP contribution in [0.4, 0.5) is 0 Å². The quantitative estimate of drug-likeness (QED) is 0.846. The fourth-order valence-electron chi connectivity index (χ4n) is 2.81. The van der Waals surface area contributed by atoms with E-state index in [-0.39, 0.29) is 5.91 Å². The molecule has 1 amide bonds. The highest BCUT2D eigenvalue weighted by Crippen LogP contribution is 2.32. The molecule has 1 aliphatic carbocycles. The molecule has 2 rings (SSSR count). The topological polar surface area (TPSA) is 50.4 Å². The molecule has 0 saturated carbocycles. The Hall–Kier alpha value is -1.55. The molecule has 2 unspecified atom stereocenters. The Bertz CT molecular complexity index is 488. The van der Waals surface area contributed by atoms with Crippen molar-refractivity contribution in [3.05, 3.63) is 29.3 Å². The van der Waals surface area contributed by atoms with Gasteiger partial charge in [-0.2, -0.15) is 0 Å². The van der Waals surface area contributed by atoms with Crippen LogP contribution in [0.1, 0.15) is 50.3 Å². The third-order valence-electron chi connectivity index (χ3n) is 4.01. The summed E-state index contributed by atoms with van der Waals surface area (Å²) in [5.41, 5.74) is 2.69. The molecule has 1 aromatic carbocycles. The molecule has 0 spiro atoms. The highest BCUT2D eigenvalue weighted by Gasteiger charge is 2.20. The van der Waals surface area contributed by atoms with Crippen molar-refractivity contribution in [2.75, 3.05) is 13.6 Å². The molecule has 21 heavy (non-hydrogen) atoms. The van der Waals surface area contributed by atoms with Crippen molar-refractivity contribution in [3.63, 3.8) is 0 Å². The molecule has 0 bridgehead atoms. The van der Waals surface area contributed by atoms with Crippen molar-refractivity contribution >= 4 is 5.91 Å². The zero-order valence-corrected chi connectivity index (χ0v) is 13.2. The third-order valence-corrected chi connectivity index (χ3v) is 4.01. The number of hydrogen-bond donors (Lipinski definition) is 2. The SMILES string of the molecule is CCCNC(=O)C(C)Oc1ccc2c(c1)CCCC2NC. The van der Waals surface area contributed by atoms with Crippen molar-refractivity contribution in [2.45, 2.75) is 51.7 Å². The van der Waals surface area contributed by atoms with Crippen LogP contribution in [-0.4, -0.2) is 25.6 Å². The molecule has 1 aromatic rings. The van der Waals surface area contributed by atoms with E-state index in [1.165, 1.54) is 24.0 Å². The maximum atomic E-state index is 11.8. The second-order valence-corrected chi connectivity index (χ2v) is 5.65. The number of ether oxygens (including phenoxy) is 1. The first-order valence-electron chi connectivity index (χ1n) is 7.90. The number of hydrogen-bond acceptors (Lipinski definition) is 3. The van der Waals surface area contributed by atoms with Gasteiger partial charge >= 0.3 is 0 Å². The predicted octanol–water partition coefficient (Wildman–Crippen LogP) is 2.58. The molecule has 2 N–H and O–H groups in total. The van der Waals surface area contributed by atoms with Crippen LogP contribution >= 0.6 is 0 Å². The van der Waals surface area contributed by atoms with Crippen LogP contribution in [0.3, 0.4) is 0 Å². The molecule has 1 aliphatic rings. The summed E-state index contributed by atoms with van der Waals surface area (Å²) in [6, 6.07) is 6.62. The Kier molecular flexibility index (Phi) is 5.62. The van der Waals surface area contributed by atoms with Crippen LogP contribution in [0.5, 0.6) is 5.75 Å². The van der Waals surface area contributed by atoms with Gasteiger partial charge in [0.05, 0.1) is 0 Å².